The molecule has 0 bridgehead atoms. The van der Waals surface area contributed by atoms with E-state index in [-0.39, 0.29) is 38.6 Å². The highest BCUT2D eigenvalue weighted by molar-refractivity contribution is 7.86. The van der Waals surface area contributed by atoms with Crippen molar-refractivity contribution in [2.24, 2.45) is 0 Å². The molecule has 0 heterocycles. The Morgan fingerprint density at radius 3 is 1.68 bits per heavy atom. The van der Waals surface area contributed by atoms with Gasteiger partial charge in [-0.1, -0.05) is 65.7 Å². The van der Waals surface area contributed by atoms with Crippen molar-refractivity contribution in [3.05, 3.63) is 12.1 Å². The van der Waals surface area contributed by atoms with E-state index in [1.54, 1.807) is 0 Å². The van der Waals surface area contributed by atoms with Gasteiger partial charge in [0.15, 0.2) is 11.5 Å². The first-order valence-electron chi connectivity index (χ1n) is 16.7. The molecule has 0 amide bonds. The molecule has 0 aliphatic rings. The zero-order valence-corrected chi connectivity index (χ0v) is 30.7. The second kappa shape index (κ2) is 22.7. The number of ether oxygens (including phenoxy) is 2. The van der Waals surface area contributed by atoms with Crippen LogP contribution in [0.5, 0.6) is 11.5 Å². The van der Waals surface area contributed by atoms with Gasteiger partial charge in [-0.25, -0.2) is 0 Å². The van der Waals surface area contributed by atoms with Crippen LogP contribution in [0, 0.1) is 0 Å². The van der Waals surface area contributed by atoms with Crippen LogP contribution < -0.4 is 9.47 Å². The third-order valence-electron chi connectivity index (χ3n) is 7.85. The molecule has 1 atom stereocenters. The number of benzene rings is 1. The Morgan fingerprint density at radius 1 is 0.700 bits per heavy atom. The first kappa shape index (κ1) is 45.0. The minimum absolute atomic E-state index is 0.0132. The highest BCUT2D eigenvalue weighted by Crippen LogP contribution is 2.38. The number of hydrogen-bond acceptors (Lipinski definition) is 12. The van der Waals surface area contributed by atoms with Crippen LogP contribution in [-0.4, -0.2) is 145 Å². The summed E-state index contributed by atoms with van der Waals surface area (Å²) >= 11 is 0. The van der Waals surface area contributed by atoms with Crippen molar-refractivity contribution in [3.8, 4) is 11.5 Å². The van der Waals surface area contributed by atoms with Crippen LogP contribution >= 0.6 is 0 Å². The fourth-order valence-electron chi connectivity index (χ4n) is 5.36. The molecule has 0 saturated carbocycles. The SMILES string of the molecule is CCCCCCCCCCOc1cc(S(=O)(=O)O)cc(S(=O)(=O)O)c1OCC(CN(CCN(CC(=O)O)CC(=O)O)CC(=O)O)N(CC)CC. The van der Waals surface area contributed by atoms with E-state index in [9.17, 15) is 55.6 Å². The number of rotatable bonds is 29. The van der Waals surface area contributed by atoms with E-state index in [1.807, 2.05) is 18.7 Å². The standard InChI is InChI=1S/C31H53N3O14S2/c1-4-7-8-9-10-11-12-13-16-47-26-17-25(49(41,42)43)18-27(50(44,45)46)31(26)48-23-24(34(5-2)6-3)19-32(20-28(35)36)14-15-33(21-29(37)38)22-30(39)40/h17-18,24H,4-16,19-23H2,1-3H3,(H,35,36)(H,37,38)(H,39,40)(H,41,42,43)(H,44,45,46). The Labute approximate surface area is 294 Å². The molecule has 0 saturated heterocycles. The second-order valence-electron chi connectivity index (χ2n) is 11.8. The maximum atomic E-state index is 12.5. The lowest BCUT2D eigenvalue weighted by molar-refractivity contribution is -0.143. The average Bonchev–Trinajstić information content (AvgIpc) is 3.00. The molecule has 19 heteroatoms. The summed E-state index contributed by atoms with van der Waals surface area (Å²) < 4.78 is 80.5. The third-order valence-corrected chi connectivity index (χ3v) is 9.54. The van der Waals surface area contributed by atoms with Gasteiger partial charge in [0.1, 0.15) is 11.5 Å². The van der Waals surface area contributed by atoms with Gasteiger partial charge in [-0.3, -0.25) is 38.2 Å². The Hall–Kier alpha value is -3.07. The Balaban J connectivity index is 3.38. The first-order chi connectivity index (χ1) is 23.4. The summed E-state index contributed by atoms with van der Waals surface area (Å²) in [6, 6.07) is 0.797. The molecule has 1 aromatic rings. The molecule has 5 N–H and O–H groups in total. The summed E-state index contributed by atoms with van der Waals surface area (Å²) in [5.74, 6) is -4.59. The largest absolute Gasteiger partial charge is 0.490 e. The normalized spacial score (nSPS) is 12.8. The Bertz CT molecular complexity index is 1420. The number of hydrogen-bond donors (Lipinski definition) is 5. The highest BCUT2D eigenvalue weighted by Gasteiger charge is 2.29. The number of carboxylic acid groups (broad SMARTS) is 3. The molecule has 288 valence electrons. The quantitative estimate of drug-likeness (QED) is 0.0582. The van der Waals surface area contributed by atoms with Gasteiger partial charge in [0.2, 0.25) is 0 Å². The van der Waals surface area contributed by atoms with E-state index in [4.69, 9.17) is 9.47 Å². The van der Waals surface area contributed by atoms with Crippen LogP contribution in [0.3, 0.4) is 0 Å². The molecule has 0 fully saturated rings. The molecule has 0 aliphatic heterocycles. The van der Waals surface area contributed by atoms with Gasteiger partial charge >= 0.3 is 17.9 Å². The molecule has 0 aromatic heterocycles. The number of likely N-dealkylation sites (N-methyl/N-ethyl adjacent to an activating group) is 1. The van der Waals surface area contributed by atoms with Gasteiger partial charge in [-0.2, -0.15) is 16.8 Å². The van der Waals surface area contributed by atoms with E-state index < -0.39 is 79.4 Å². The lowest BCUT2D eigenvalue weighted by Gasteiger charge is -2.34. The lowest BCUT2D eigenvalue weighted by Crippen LogP contribution is -2.50. The van der Waals surface area contributed by atoms with Crippen molar-refractivity contribution < 1.29 is 65.1 Å². The summed E-state index contributed by atoms with van der Waals surface area (Å²) in [7, 11) is -10.1. The van der Waals surface area contributed by atoms with Crippen LogP contribution in [0.4, 0.5) is 0 Å². The van der Waals surface area contributed by atoms with Crippen molar-refractivity contribution >= 4 is 38.1 Å². The molecular formula is C31H53N3O14S2. The van der Waals surface area contributed by atoms with Gasteiger partial charge in [-0.15, -0.1) is 0 Å². The molecular weight excluding hydrogens is 702 g/mol. The van der Waals surface area contributed by atoms with E-state index in [2.05, 4.69) is 6.92 Å². The fraction of sp³-hybridized carbons (Fsp3) is 0.710. The molecule has 0 radical (unpaired) electrons. The van der Waals surface area contributed by atoms with Gasteiger partial charge in [0, 0.05) is 25.7 Å². The number of carbonyl (C=O) groups is 3. The molecule has 50 heavy (non-hydrogen) atoms. The predicted octanol–water partition coefficient (Wildman–Crippen LogP) is 2.65. The fourth-order valence-corrected chi connectivity index (χ4v) is 6.62. The summed E-state index contributed by atoms with van der Waals surface area (Å²) in [6.45, 7) is 4.54. The smallest absolute Gasteiger partial charge is 0.317 e. The van der Waals surface area contributed by atoms with Crippen molar-refractivity contribution in [1.82, 2.24) is 14.7 Å². The number of aliphatic carboxylic acids is 3. The topological polar surface area (TPSA) is 249 Å². The Morgan fingerprint density at radius 2 is 1.20 bits per heavy atom. The van der Waals surface area contributed by atoms with E-state index in [0.717, 1.165) is 55.9 Å². The molecule has 17 nitrogen and oxygen atoms in total. The van der Waals surface area contributed by atoms with E-state index in [0.29, 0.717) is 25.6 Å². The zero-order chi connectivity index (χ0) is 37.9. The number of carboxylic acids is 3. The van der Waals surface area contributed by atoms with Crippen LogP contribution in [0.25, 0.3) is 0 Å². The van der Waals surface area contributed by atoms with E-state index >= 15 is 0 Å². The monoisotopic (exact) mass is 755 g/mol. The van der Waals surface area contributed by atoms with Gasteiger partial charge in [-0.05, 0) is 25.6 Å². The highest BCUT2D eigenvalue weighted by atomic mass is 32.2. The van der Waals surface area contributed by atoms with E-state index in [1.165, 1.54) is 4.90 Å². The van der Waals surface area contributed by atoms with Gasteiger partial charge in [0.05, 0.1) is 37.2 Å². The average molecular weight is 756 g/mol. The summed E-state index contributed by atoms with van der Waals surface area (Å²) in [6.07, 6.45) is 7.82. The van der Waals surface area contributed by atoms with Crippen LogP contribution in [0.1, 0.15) is 72.1 Å². The van der Waals surface area contributed by atoms with Crippen LogP contribution in [0.2, 0.25) is 0 Å². The first-order valence-corrected chi connectivity index (χ1v) is 19.5. The number of nitrogens with zero attached hydrogens (tertiary/aromatic N) is 3. The summed E-state index contributed by atoms with van der Waals surface area (Å²) in [5, 5.41) is 27.9. The lowest BCUT2D eigenvalue weighted by atomic mass is 10.1. The Kier molecular flexibility index (Phi) is 20.4. The van der Waals surface area contributed by atoms with Crippen molar-refractivity contribution in [3.63, 3.8) is 0 Å². The third kappa shape index (κ3) is 17.7. The van der Waals surface area contributed by atoms with Gasteiger partial charge < -0.3 is 24.8 Å². The summed E-state index contributed by atoms with van der Waals surface area (Å²) in [4.78, 5) is 36.9. The second-order valence-corrected chi connectivity index (χ2v) is 14.6. The van der Waals surface area contributed by atoms with Crippen molar-refractivity contribution in [2.45, 2.75) is 88.0 Å². The molecule has 1 rings (SSSR count). The summed E-state index contributed by atoms with van der Waals surface area (Å²) in [5.41, 5.74) is 0. The maximum absolute atomic E-state index is 12.5. The van der Waals surface area contributed by atoms with Crippen LogP contribution in [-0.2, 0) is 34.6 Å². The molecule has 0 aliphatic carbocycles. The predicted molar refractivity (Wildman–Crippen MR) is 182 cm³/mol. The number of unbranched alkanes of at least 4 members (excludes halogenated alkanes) is 7. The van der Waals surface area contributed by atoms with Gasteiger partial charge in [0.25, 0.3) is 20.2 Å². The molecule has 1 aromatic carbocycles. The van der Waals surface area contributed by atoms with Crippen molar-refractivity contribution in [1.29, 1.82) is 0 Å². The zero-order valence-electron chi connectivity index (χ0n) is 29.0. The minimum atomic E-state index is -5.13. The van der Waals surface area contributed by atoms with Crippen LogP contribution in [0.15, 0.2) is 21.9 Å². The van der Waals surface area contributed by atoms with Crippen molar-refractivity contribution in [2.75, 3.05) is 65.6 Å². The molecule has 0 spiro atoms. The maximum Gasteiger partial charge on any atom is 0.317 e. The minimum Gasteiger partial charge on any atom is -0.490 e. The molecule has 1 unspecified atom stereocenters.